The van der Waals surface area contributed by atoms with Crippen LogP contribution in [0.15, 0.2) is 46.9 Å². The van der Waals surface area contributed by atoms with Gasteiger partial charge in [0, 0.05) is 9.50 Å². The number of hydrogen-bond acceptors (Lipinski definition) is 3. The third-order valence-electron chi connectivity index (χ3n) is 3.08. The van der Waals surface area contributed by atoms with Gasteiger partial charge in [-0.15, -0.1) is 11.3 Å². The lowest BCUT2D eigenvalue weighted by Crippen LogP contribution is -2.13. The molecule has 2 nitrogen and oxygen atoms in total. The monoisotopic (exact) mass is 366 g/mol. The van der Waals surface area contributed by atoms with Crippen molar-refractivity contribution in [2.45, 2.75) is 12.5 Å². The van der Waals surface area contributed by atoms with E-state index >= 15 is 0 Å². The van der Waals surface area contributed by atoms with Gasteiger partial charge >= 0.3 is 0 Å². The van der Waals surface area contributed by atoms with Gasteiger partial charge in [-0.3, -0.25) is 0 Å². The Bertz CT molecular complexity index is 723. The lowest BCUT2D eigenvalue weighted by atomic mass is 10.1. The number of para-hydroxylation sites is 1. The van der Waals surface area contributed by atoms with Crippen LogP contribution in [0.25, 0.3) is 10.2 Å². The van der Waals surface area contributed by atoms with Gasteiger partial charge < -0.3 is 5.73 Å². The number of halogens is 2. The normalized spacial score (nSPS) is 12.8. The Morgan fingerprint density at radius 1 is 1.25 bits per heavy atom. The Labute approximate surface area is 134 Å². The molecule has 0 bridgehead atoms. The summed E-state index contributed by atoms with van der Waals surface area (Å²) in [5, 5.41) is 1.68. The van der Waals surface area contributed by atoms with Gasteiger partial charge in [0.05, 0.1) is 16.3 Å². The summed E-state index contributed by atoms with van der Waals surface area (Å²) >= 11 is 11.2. The van der Waals surface area contributed by atoms with Crippen molar-refractivity contribution in [1.29, 1.82) is 0 Å². The molecule has 102 valence electrons. The van der Waals surface area contributed by atoms with Gasteiger partial charge in [-0.1, -0.05) is 39.7 Å². The number of hydrogen-bond donors (Lipinski definition) is 1. The molecule has 0 aliphatic carbocycles. The summed E-state index contributed by atoms with van der Waals surface area (Å²) in [6.07, 6.45) is 0.709. The van der Waals surface area contributed by atoms with Crippen molar-refractivity contribution in [3.8, 4) is 0 Å². The van der Waals surface area contributed by atoms with E-state index in [1.807, 2.05) is 36.4 Å². The van der Waals surface area contributed by atoms with Gasteiger partial charge in [-0.25, -0.2) is 4.98 Å². The van der Waals surface area contributed by atoms with Crippen LogP contribution in [-0.4, -0.2) is 4.98 Å². The molecule has 0 aliphatic heterocycles. The number of thiazole rings is 1. The van der Waals surface area contributed by atoms with Crippen molar-refractivity contribution < 1.29 is 0 Å². The lowest BCUT2D eigenvalue weighted by Gasteiger charge is -2.10. The predicted octanol–water partition coefficient (Wildman–Crippen LogP) is 4.95. The van der Waals surface area contributed by atoms with Crippen molar-refractivity contribution in [1.82, 2.24) is 4.98 Å². The maximum Gasteiger partial charge on any atom is 0.111 e. The van der Waals surface area contributed by atoms with Gasteiger partial charge in [0.2, 0.25) is 0 Å². The van der Waals surface area contributed by atoms with Crippen molar-refractivity contribution in [2.24, 2.45) is 5.73 Å². The maximum absolute atomic E-state index is 6.29. The molecule has 0 amide bonds. The predicted molar refractivity (Wildman–Crippen MR) is 89.4 cm³/mol. The lowest BCUT2D eigenvalue weighted by molar-refractivity contribution is 0.715. The molecule has 0 radical (unpaired) electrons. The number of nitrogens with two attached hydrogens (primary N) is 1. The van der Waals surface area contributed by atoms with E-state index in [9.17, 15) is 0 Å². The molecular weight excluding hydrogens is 356 g/mol. The number of rotatable bonds is 3. The molecule has 0 fully saturated rings. The number of aromatic nitrogens is 1. The Hall–Kier alpha value is -0.940. The van der Waals surface area contributed by atoms with Crippen molar-refractivity contribution in [2.75, 3.05) is 0 Å². The average molecular weight is 368 g/mol. The van der Waals surface area contributed by atoms with E-state index in [1.54, 1.807) is 11.3 Å². The van der Waals surface area contributed by atoms with Crippen LogP contribution >= 0.6 is 38.9 Å². The highest BCUT2D eigenvalue weighted by Crippen LogP contribution is 2.29. The summed E-state index contributed by atoms with van der Waals surface area (Å²) in [4.78, 5) is 4.61. The van der Waals surface area contributed by atoms with Gasteiger partial charge in [0.1, 0.15) is 5.01 Å². The maximum atomic E-state index is 6.29. The molecule has 1 atom stereocenters. The van der Waals surface area contributed by atoms with Crippen molar-refractivity contribution in [3.63, 3.8) is 0 Å². The van der Waals surface area contributed by atoms with Gasteiger partial charge in [-0.05, 0) is 42.3 Å². The van der Waals surface area contributed by atoms with Crippen LogP contribution in [0.1, 0.15) is 16.6 Å². The van der Waals surface area contributed by atoms with Crippen molar-refractivity contribution in [3.05, 3.63) is 62.5 Å². The van der Waals surface area contributed by atoms with Crippen LogP contribution in [-0.2, 0) is 6.42 Å². The summed E-state index contributed by atoms with van der Waals surface area (Å²) in [5.74, 6) is 0. The summed E-state index contributed by atoms with van der Waals surface area (Å²) in [5.41, 5.74) is 8.40. The summed E-state index contributed by atoms with van der Waals surface area (Å²) in [6, 6.07) is 13.7. The minimum atomic E-state index is -0.123. The van der Waals surface area contributed by atoms with Gasteiger partial charge in [0.25, 0.3) is 0 Å². The average Bonchev–Trinajstić information content (AvgIpc) is 2.87. The Morgan fingerprint density at radius 3 is 2.85 bits per heavy atom. The first-order valence-electron chi connectivity index (χ1n) is 6.18. The number of benzene rings is 2. The third kappa shape index (κ3) is 2.88. The molecule has 1 heterocycles. The topological polar surface area (TPSA) is 38.9 Å². The zero-order valence-electron chi connectivity index (χ0n) is 10.5. The molecule has 20 heavy (non-hydrogen) atoms. The van der Waals surface area contributed by atoms with Crippen LogP contribution in [0.5, 0.6) is 0 Å². The van der Waals surface area contributed by atoms with Gasteiger partial charge in [0.15, 0.2) is 0 Å². The molecule has 0 aliphatic rings. The van der Waals surface area contributed by atoms with E-state index in [1.165, 1.54) is 4.70 Å². The quantitative estimate of drug-likeness (QED) is 0.711. The standard InChI is InChI=1S/C15H12BrClN2S/c16-11-6-5-10(17)7-9(11)8-12(18)15-19-13-3-1-2-4-14(13)20-15/h1-7,12H,8,18H2. The van der Waals surface area contributed by atoms with E-state index in [-0.39, 0.29) is 6.04 Å². The number of nitrogens with zero attached hydrogens (tertiary/aromatic N) is 1. The first-order chi connectivity index (χ1) is 9.63. The van der Waals surface area contributed by atoms with Crippen LogP contribution in [0, 0.1) is 0 Å². The summed E-state index contributed by atoms with van der Waals surface area (Å²) in [6.45, 7) is 0. The van der Waals surface area contributed by atoms with Crippen LogP contribution in [0.3, 0.4) is 0 Å². The molecule has 2 N–H and O–H groups in total. The highest BCUT2D eigenvalue weighted by atomic mass is 79.9. The molecule has 1 unspecified atom stereocenters. The molecule has 0 spiro atoms. The highest BCUT2D eigenvalue weighted by molar-refractivity contribution is 9.10. The largest absolute Gasteiger partial charge is 0.322 e. The van der Waals surface area contributed by atoms with Crippen LogP contribution < -0.4 is 5.73 Å². The summed E-state index contributed by atoms with van der Waals surface area (Å²) < 4.78 is 2.20. The van der Waals surface area contributed by atoms with Gasteiger partial charge in [-0.2, -0.15) is 0 Å². The second-order valence-corrected chi connectivity index (χ2v) is 6.92. The highest BCUT2D eigenvalue weighted by Gasteiger charge is 2.14. The molecule has 0 saturated heterocycles. The Kier molecular flexibility index (Phi) is 4.08. The van der Waals surface area contributed by atoms with Crippen LogP contribution in [0.4, 0.5) is 0 Å². The Morgan fingerprint density at radius 2 is 2.05 bits per heavy atom. The molecule has 3 aromatic rings. The minimum Gasteiger partial charge on any atom is -0.322 e. The summed E-state index contributed by atoms with van der Waals surface area (Å²) in [7, 11) is 0. The second kappa shape index (κ2) is 5.82. The molecule has 5 heteroatoms. The molecule has 3 rings (SSSR count). The molecule has 2 aromatic carbocycles. The smallest absolute Gasteiger partial charge is 0.111 e. The van der Waals surface area contributed by atoms with E-state index in [4.69, 9.17) is 17.3 Å². The minimum absolute atomic E-state index is 0.123. The van der Waals surface area contributed by atoms with E-state index in [0.29, 0.717) is 6.42 Å². The second-order valence-electron chi connectivity index (χ2n) is 4.57. The SMILES string of the molecule is NC(Cc1cc(Cl)ccc1Br)c1nc2ccccc2s1. The van der Waals surface area contributed by atoms with E-state index < -0.39 is 0 Å². The Balaban J connectivity index is 1.88. The first-order valence-corrected chi connectivity index (χ1v) is 8.17. The molecule has 0 saturated carbocycles. The fourth-order valence-corrected chi connectivity index (χ4v) is 3.64. The third-order valence-corrected chi connectivity index (χ3v) is 5.25. The van der Waals surface area contributed by atoms with E-state index in [2.05, 4.69) is 27.0 Å². The first kappa shape index (κ1) is 14.0. The van der Waals surface area contributed by atoms with Crippen molar-refractivity contribution >= 4 is 49.1 Å². The number of fused-ring (bicyclic) bond motifs is 1. The molecule has 1 aromatic heterocycles. The van der Waals surface area contributed by atoms with Crippen LogP contribution in [0.2, 0.25) is 5.02 Å². The zero-order chi connectivity index (χ0) is 14.1. The fraction of sp³-hybridized carbons (Fsp3) is 0.133. The molecular formula is C15H12BrClN2S. The fourth-order valence-electron chi connectivity index (χ4n) is 2.07. The van der Waals surface area contributed by atoms with E-state index in [0.717, 1.165) is 25.6 Å². The zero-order valence-corrected chi connectivity index (χ0v) is 13.7.